The molecule has 3 saturated carbocycles. The van der Waals surface area contributed by atoms with Crippen LogP contribution in [0.2, 0.25) is 10.0 Å². The van der Waals surface area contributed by atoms with E-state index in [1.54, 1.807) is 0 Å². The molecule has 5 aliphatic rings. The van der Waals surface area contributed by atoms with Crippen molar-refractivity contribution in [3.8, 4) is 0 Å². The van der Waals surface area contributed by atoms with E-state index in [4.69, 9.17) is 23.2 Å². The average Bonchev–Trinajstić information content (AvgIpc) is 3.42. The smallest absolute Gasteiger partial charge is 0.435 e. The Balaban J connectivity index is 1.48. The SMILES string of the molecule is O=C(O)C12CCC(C(=O)N3CCC4(S(=O)(=O)c5ccc(Cl)c(Cl)c5)c5ccc(C(F)(C(F)(F)F)C(F)(F)F)cc5CCC34)(CC1)CC2. The number of alkyl halides is 7. The minimum atomic E-state index is -6.37. The van der Waals surface area contributed by atoms with Gasteiger partial charge in [0.25, 0.3) is 0 Å². The number of aryl methyl sites for hydroxylation is 1. The van der Waals surface area contributed by atoms with Crippen molar-refractivity contribution in [2.75, 3.05) is 6.54 Å². The molecule has 0 aromatic heterocycles. The van der Waals surface area contributed by atoms with E-state index in [2.05, 4.69) is 0 Å². The number of halogens is 9. The van der Waals surface area contributed by atoms with Crippen LogP contribution < -0.4 is 0 Å². The summed E-state index contributed by atoms with van der Waals surface area (Å²) in [5.74, 6) is -1.29. The third-order valence-corrected chi connectivity index (χ3v) is 14.4. The van der Waals surface area contributed by atoms with E-state index in [9.17, 15) is 49.5 Å². The van der Waals surface area contributed by atoms with Crippen molar-refractivity contribution in [3.05, 3.63) is 63.1 Å². The fourth-order valence-electron chi connectivity index (χ4n) is 8.46. The van der Waals surface area contributed by atoms with Gasteiger partial charge in [0.05, 0.1) is 26.4 Å². The predicted molar refractivity (Wildman–Crippen MR) is 155 cm³/mol. The van der Waals surface area contributed by atoms with Crippen LogP contribution in [0.25, 0.3) is 0 Å². The molecule has 6 nitrogen and oxygen atoms in total. The Kier molecular flexibility index (Phi) is 7.81. The zero-order chi connectivity index (χ0) is 34.6. The van der Waals surface area contributed by atoms with Gasteiger partial charge in [-0.1, -0.05) is 41.4 Å². The zero-order valence-corrected chi connectivity index (χ0v) is 26.8. The molecule has 2 unspecified atom stereocenters. The summed E-state index contributed by atoms with van der Waals surface area (Å²) < 4.78 is 124. The second-order valence-corrected chi connectivity index (χ2v) is 16.2. The molecule has 2 bridgehead atoms. The first-order valence-corrected chi connectivity index (χ1v) is 17.1. The van der Waals surface area contributed by atoms with Crippen LogP contribution in [0.3, 0.4) is 0 Å². The van der Waals surface area contributed by atoms with Crippen LogP contribution in [0.5, 0.6) is 0 Å². The van der Waals surface area contributed by atoms with E-state index in [0.717, 1.165) is 12.1 Å². The number of likely N-dealkylation sites (tertiary alicyclic amines) is 1. The van der Waals surface area contributed by atoms with Gasteiger partial charge in [-0.3, -0.25) is 9.59 Å². The van der Waals surface area contributed by atoms with Crippen molar-refractivity contribution in [3.63, 3.8) is 0 Å². The van der Waals surface area contributed by atoms with E-state index < -0.39 is 61.0 Å². The average molecular weight is 731 g/mol. The third kappa shape index (κ3) is 4.66. The van der Waals surface area contributed by atoms with Gasteiger partial charge in [0.2, 0.25) is 5.91 Å². The van der Waals surface area contributed by atoms with Crippen LogP contribution in [0.15, 0.2) is 41.3 Å². The van der Waals surface area contributed by atoms with Crippen molar-refractivity contribution in [1.29, 1.82) is 0 Å². The van der Waals surface area contributed by atoms with Gasteiger partial charge in [0.1, 0.15) is 4.75 Å². The van der Waals surface area contributed by atoms with Crippen LogP contribution in [-0.4, -0.2) is 55.2 Å². The number of fused-ring (bicyclic) bond motifs is 6. The van der Waals surface area contributed by atoms with Crippen LogP contribution >= 0.6 is 23.2 Å². The molecule has 4 fully saturated rings. The van der Waals surface area contributed by atoms with Gasteiger partial charge in [-0.2, -0.15) is 26.3 Å². The van der Waals surface area contributed by atoms with Gasteiger partial charge in [-0.25, -0.2) is 12.8 Å². The molecule has 256 valence electrons. The van der Waals surface area contributed by atoms with Crippen molar-refractivity contribution in [1.82, 2.24) is 4.90 Å². The largest absolute Gasteiger partial charge is 0.481 e. The van der Waals surface area contributed by atoms with Gasteiger partial charge < -0.3 is 10.0 Å². The highest BCUT2D eigenvalue weighted by Crippen LogP contribution is 2.61. The number of carbonyl (C=O) groups excluding carboxylic acids is 1. The minimum Gasteiger partial charge on any atom is -0.481 e. The van der Waals surface area contributed by atoms with Crippen LogP contribution in [-0.2, 0) is 36.3 Å². The number of carboxylic acids is 1. The fraction of sp³-hybridized carbons (Fsp3) is 0.548. The van der Waals surface area contributed by atoms with Crippen LogP contribution in [0.1, 0.15) is 68.1 Å². The Morgan fingerprint density at radius 3 is 1.91 bits per heavy atom. The zero-order valence-electron chi connectivity index (χ0n) is 24.4. The van der Waals surface area contributed by atoms with Crippen molar-refractivity contribution < 1.29 is 53.8 Å². The summed E-state index contributed by atoms with van der Waals surface area (Å²) in [6, 6.07) is 3.94. The molecule has 0 radical (unpaired) electrons. The number of sulfone groups is 1. The number of aliphatic carboxylic acids is 1. The maximum atomic E-state index is 15.1. The first kappa shape index (κ1) is 34.3. The van der Waals surface area contributed by atoms with E-state index >= 15 is 4.39 Å². The van der Waals surface area contributed by atoms with Crippen molar-refractivity contribution >= 4 is 44.9 Å². The second kappa shape index (κ2) is 10.7. The van der Waals surface area contributed by atoms with Crippen molar-refractivity contribution in [2.45, 2.75) is 91.5 Å². The van der Waals surface area contributed by atoms with Gasteiger partial charge in [-0.15, -0.1) is 0 Å². The summed E-state index contributed by atoms with van der Waals surface area (Å²) in [5.41, 5.74) is -9.64. The monoisotopic (exact) mass is 729 g/mol. The lowest BCUT2D eigenvalue weighted by Gasteiger charge is -2.52. The number of carboxylic acid groups (broad SMARTS) is 1. The summed E-state index contributed by atoms with van der Waals surface area (Å²) >= 11 is 12.2. The van der Waals surface area contributed by atoms with Gasteiger partial charge in [-0.05, 0) is 87.1 Å². The van der Waals surface area contributed by atoms with Gasteiger partial charge in [0.15, 0.2) is 9.84 Å². The highest BCUT2D eigenvalue weighted by atomic mass is 35.5. The predicted octanol–water partition coefficient (Wildman–Crippen LogP) is 7.92. The highest BCUT2D eigenvalue weighted by molar-refractivity contribution is 7.92. The maximum Gasteiger partial charge on any atom is 0.435 e. The van der Waals surface area contributed by atoms with E-state index in [-0.39, 0.29) is 96.3 Å². The first-order chi connectivity index (χ1) is 21.7. The molecule has 2 aromatic carbocycles. The summed E-state index contributed by atoms with van der Waals surface area (Å²) in [6.45, 7) is -0.102. The molecule has 7 rings (SSSR count). The number of amides is 1. The fourth-order valence-corrected chi connectivity index (χ4v) is 11.2. The molecule has 2 atom stereocenters. The van der Waals surface area contributed by atoms with E-state index in [1.807, 2.05) is 0 Å². The Bertz CT molecular complexity index is 1740. The lowest BCUT2D eigenvalue weighted by atomic mass is 9.53. The standard InChI is InChI=1S/C31H28Cl2F7NO5S/c32-21-5-3-19(16-22(21)33)47(45,46)28-13-14-41(24(42)26-7-10-27(11-8-26,12-9-26)25(43)44)23(28)6-1-17-15-18(2-4-20(17)28)29(34,30(35,36)37)31(38,39)40/h2-5,15-16,23H,1,6-14H2,(H,43,44). The highest BCUT2D eigenvalue weighted by Gasteiger charge is 2.74. The number of hydrogen-bond donors (Lipinski definition) is 1. The van der Waals surface area contributed by atoms with Crippen LogP contribution in [0.4, 0.5) is 30.7 Å². The molecule has 1 saturated heterocycles. The summed E-state index contributed by atoms with van der Waals surface area (Å²) in [6.07, 6.45) is -11.7. The van der Waals surface area contributed by atoms with Crippen molar-refractivity contribution in [2.24, 2.45) is 10.8 Å². The Labute approximate surface area is 275 Å². The van der Waals surface area contributed by atoms with Gasteiger partial charge >= 0.3 is 24.0 Å². The maximum absolute atomic E-state index is 15.1. The quantitative estimate of drug-likeness (QED) is 0.316. The first-order valence-electron chi connectivity index (χ1n) is 14.9. The molecule has 1 N–H and O–H groups in total. The number of carbonyl (C=O) groups is 2. The Hall–Kier alpha value is -2.58. The number of hydrogen-bond acceptors (Lipinski definition) is 4. The number of nitrogens with zero attached hydrogens (tertiary/aromatic N) is 1. The second-order valence-electron chi connectivity index (χ2n) is 13.2. The molecule has 0 spiro atoms. The Morgan fingerprint density at radius 1 is 0.809 bits per heavy atom. The molecule has 1 heterocycles. The summed E-state index contributed by atoms with van der Waals surface area (Å²) in [5, 5.41) is 9.70. The lowest BCUT2D eigenvalue weighted by molar-refractivity contribution is -0.348. The Morgan fingerprint density at radius 2 is 1.38 bits per heavy atom. The molecule has 4 aliphatic carbocycles. The normalized spacial score (nSPS) is 29.4. The van der Waals surface area contributed by atoms with E-state index in [0.29, 0.717) is 12.1 Å². The molecule has 1 aliphatic heterocycles. The number of rotatable bonds is 5. The van der Waals surface area contributed by atoms with Gasteiger partial charge in [0, 0.05) is 17.5 Å². The summed E-state index contributed by atoms with van der Waals surface area (Å²) in [7, 11) is -4.61. The third-order valence-electron chi connectivity index (χ3n) is 11.2. The molecule has 16 heteroatoms. The molecule has 47 heavy (non-hydrogen) atoms. The molecule has 2 aromatic rings. The topological polar surface area (TPSA) is 91.8 Å². The van der Waals surface area contributed by atoms with Crippen LogP contribution in [0, 0.1) is 10.8 Å². The minimum absolute atomic E-state index is 0.0290. The summed E-state index contributed by atoms with van der Waals surface area (Å²) in [4.78, 5) is 27.5. The molecular weight excluding hydrogens is 702 g/mol. The molecule has 1 amide bonds. The van der Waals surface area contributed by atoms with E-state index in [1.165, 1.54) is 17.0 Å². The lowest BCUT2D eigenvalue weighted by Crippen LogP contribution is -2.57. The molecular formula is C31H28Cl2F7NO5S. The number of benzene rings is 2.